The highest BCUT2D eigenvalue weighted by Crippen LogP contribution is 2.15. The van der Waals surface area contributed by atoms with Gasteiger partial charge in [0.1, 0.15) is 17.5 Å². The van der Waals surface area contributed by atoms with Crippen molar-refractivity contribution >= 4 is 89.8 Å². The van der Waals surface area contributed by atoms with Crippen LogP contribution in [0.4, 0.5) is 16.0 Å². The van der Waals surface area contributed by atoms with Crippen molar-refractivity contribution in [2.75, 3.05) is 23.7 Å². The average Bonchev–Trinajstić information content (AvgIpc) is 2.94. The van der Waals surface area contributed by atoms with Crippen LogP contribution in [-0.2, 0) is 12.8 Å². The molecule has 4 rings (SSSR count). The minimum atomic E-state index is -0.192. The summed E-state index contributed by atoms with van der Waals surface area (Å²) in [6, 6.07) is 22.0. The molecule has 0 fully saturated rings. The zero-order valence-electron chi connectivity index (χ0n) is 21.1. The van der Waals surface area contributed by atoms with Gasteiger partial charge in [-0.05, 0) is 117 Å². The number of rotatable bonds is 8. The molecule has 6 nitrogen and oxygen atoms in total. The molecule has 0 saturated carbocycles. The minimum absolute atomic E-state index is 0.192. The van der Waals surface area contributed by atoms with E-state index in [1.54, 1.807) is 24.5 Å². The maximum atomic E-state index is 13.4. The predicted molar refractivity (Wildman–Crippen MR) is 178 cm³/mol. The van der Waals surface area contributed by atoms with Crippen molar-refractivity contribution < 1.29 is 4.39 Å². The molecule has 0 saturated heterocycles. The van der Waals surface area contributed by atoms with E-state index in [9.17, 15) is 4.39 Å². The van der Waals surface area contributed by atoms with E-state index < -0.39 is 0 Å². The molecule has 0 aliphatic heterocycles. The van der Waals surface area contributed by atoms with Crippen molar-refractivity contribution in [2.45, 2.75) is 12.8 Å². The molecule has 4 N–H and O–H groups in total. The van der Waals surface area contributed by atoms with Crippen molar-refractivity contribution in [1.82, 2.24) is 20.6 Å². The number of nitrogens with zero attached hydrogens (tertiary/aromatic N) is 2. The van der Waals surface area contributed by atoms with Crippen molar-refractivity contribution in [2.24, 2.45) is 0 Å². The van der Waals surface area contributed by atoms with E-state index in [1.165, 1.54) is 6.07 Å². The van der Waals surface area contributed by atoms with E-state index in [-0.39, 0.29) is 5.82 Å². The maximum absolute atomic E-state index is 13.4. The Labute approximate surface area is 265 Å². The number of aromatic nitrogens is 2. The number of thiocarbonyl (C=S) groups is 2. The first kappa shape index (κ1) is 31.8. The highest BCUT2D eigenvalue weighted by Gasteiger charge is 2.03. The molecule has 2 aromatic carbocycles. The number of nitrogens with one attached hydrogen (secondary N) is 4. The molecule has 0 bridgehead atoms. The Hall–Kier alpha value is -2.70. The van der Waals surface area contributed by atoms with E-state index >= 15 is 0 Å². The summed E-state index contributed by atoms with van der Waals surface area (Å²) < 4.78 is 15.2. The summed E-state index contributed by atoms with van der Waals surface area (Å²) in [6.45, 7) is 1.27. The van der Waals surface area contributed by atoms with Crippen LogP contribution < -0.4 is 21.3 Å². The number of benzene rings is 2. The van der Waals surface area contributed by atoms with Gasteiger partial charge in [0.05, 0.1) is 0 Å². The van der Waals surface area contributed by atoms with E-state index in [0.717, 1.165) is 26.0 Å². The standard InChI is InChI=1S/C14H13BrClN3S.C14H13BrFN3S/c2*15-11-5-6-13(18-9-11)19-14(20)17-8-7-10-3-1-2-4-12(10)16/h2*1-6,9H,7-8H2,(H2,17,18,19,20). The van der Waals surface area contributed by atoms with Crippen LogP contribution in [0.25, 0.3) is 0 Å². The molecule has 0 unspecified atom stereocenters. The highest BCUT2D eigenvalue weighted by molar-refractivity contribution is 9.10. The van der Waals surface area contributed by atoms with Gasteiger partial charge in [-0.25, -0.2) is 14.4 Å². The first-order valence-corrected chi connectivity index (χ1v) is 14.9. The fourth-order valence-corrected chi connectivity index (χ4v) is 4.36. The Morgan fingerprint density at radius 1 is 0.700 bits per heavy atom. The lowest BCUT2D eigenvalue weighted by atomic mass is 10.1. The van der Waals surface area contributed by atoms with Crippen LogP contribution >= 0.6 is 67.9 Å². The SMILES string of the molecule is Fc1ccccc1CCNC(=S)Nc1ccc(Br)cn1.S=C(NCCc1ccccc1Cl)Nc1ccc(Br)cn1. The van der Waals surface area contributed by atoms with Crippen molar-refractivity contribution in [1.29, 1.82) is 0 Å². The number of pyridine rings is 2. The van der Waals surface area contributed by atoms with Gasteiger partial charge in [-0.3, -0.25) is 0 Å². The summed E-state index contributed by atoms with van der Waals surface area (Å²) in [5.74, 6) is 1.18. The molecular formula is C28H26Br2ClFN6S2. The minimum Gasteiger partial charge on any atom is -0.362 e. The second-order valence-corrected chi connectivity index (χ2v) is 11.2. The Kier molecular flexibility index (Phi) is 13.7. The Morgan fingerprint density at radius 2 is 1.18 bits per heavy atom. The summed E-state index contributed by atoms with van der Waals surface area (Å²) >= 11 is 23.1. The molecule has 2 heterocycles. The topological polar surface area (TPSA) is 73.9 Å². The summed E-state index contributed by atoms with van der Waals surface area (Å²) in [6.07, 6.45) is 4.79. The van der Waals surface area contributed by atoms with Gasteiger partial charge in [0.25, 0.3) is 0 Å². The van der Waals surface area contributed by atoms with Crippen LogP contribution in [0.1, 0.15) is 11.1 Å². The number of anilines is 2. The molecule has 40 heavy (non-hydrogen) atoms. The fourth-order valence-electron chi connectivity index (χ4n) is 3.24. The van der Waals surface area contributed by atoms with Crippen LogP contribution in [-0.4, -0.2) is 33.3 Å². The van der Waals surface area contributed by atoms with Crippen molar-refractivity contribution in [3.8, 4) is 0 Å². The zero-order valence-corrected chi connectivity index (χ0v) is 26.7. The molecule has 208 valence electrons. The smallest absolute Gasteiger partial charge is 0.171 e. The number of hydrogen-bond acceptors (Lipinski definition) is 4. The molecule has 4 aromatic rings. The summed E-state index contributed by atoms with van der Waals surface area (Å²) in [5, 5.41) is 13.9. The monoisotopic (exact) mass is 722 g/mol. The van der Waals surface area contributed by atoms with Gasteiger partial charge in [-0.1, -0.05) is 48.0 Å². The molecule has 0 aliphatic rings. The van der Waals surface area contributed by atoms with Crippen molar-refractivity contribution in [3.05, 3.63) is 116 Å². The van der Waals surface area contributed by atoms with E-state index in [2.05, 4.69) is 63.1 Å². The summed E-state index contributed by atoms with van der Waals surface area (Å²) in [5.41, 5.74) is 1.77. The summed E-state index contributed by atoms with van der Waals surface area (Å²) in [4.78, 5) is 8.35. The lowest BCUT2D eigenvalue weighted by Crippen LogP contribution is -2.30. The number of hydrogen-bond donors (Lipinski definition) is 4. The largest absolute Gasteiger partial charge is 0.362 e. The summed E-state index contributed by atoms with van der Waals surface area (Å²) in [7, 11) is 0. The molecule has 2 aromatic heterocycles. The Balaban J connectivity index is 0.000000220. The van der Waals surface area contributed by atoms with Gasteiger partial charge < -0.3 is 21.3 Å². The lowest BCUT2D eigenvalue weighted by Gasteiger charge is -2.10. The van der Waals surface area contributed by atoms with Crippen LogP contribution in [0.3, 0.4) is 0 Å². The average molecular weight is 725 g/mol. The Bertz CT molecular complexity index is 1290. The zero-order chi connectivity index (χ0) is 28.7. The fraction of sp³-hybridized carbons (Fsp3) is 0.143. The van der Waals surface area contributed by atoms with E-state index in [0.29, 0.717) is 46.9 Å². The van der Waals surface area contributed by atoms with Crippen LogP contribution in [0.5, 0.6) is 0 Å². The van der Waals surface area contributed by atoms with Gasteiger partial charge in [0.15, 0.2) is 10.2 Å². The molecule has 0 spiro atoms. The van der Waals surface area contributed by atoms with Crippen LogP contribution in [0.15, 0.2) is 94.1 Å². The second-order valence-electron chi connectivity index (χ2n) is 8.17. The van der Waals surface area contributed by atoms with Crippen LogP contribution in [0.2, 0.25) is 5.02 Å². The van der Waals surface area contributed by atoms with E-state index in [1.807, 2.05) is 54.6 Å². The highest BCUT2D eigenvalue weighted by atomic mass is 79.9. The van der Waals surface area contributed by atoms with Gasteiger partial charge in [0, 0.05) is 39.5 Å². The predicted octanol–water partition coefficient (Wildman–Crippen LogP) is 7.54. The quantitative estimate of drug-likeness (QED) is 0.139. The first-order chi connectivity index (χ1) is 19.3. The van der Waals surface area contributed by atoms with Crippen molar-refractivity contribution in [3.63, 3.8) is 0 Å². The molecule has 0 amide bonds. The van der Waals surface area contributed by atoms with Gasteiger partial charge in [-0.2, -0.15) is 0 Å². The normalized spacial score (nSPS) is 10.1. The molecule has 0 aliphatic carbocycles. The first-order valence-electron chi connectivity index (χ1n) is 12.1. The van der Waals surface area contributed by atoms with Gasteiger partial charge in [0.2, 0.25) is 0 Å². The third-order valence-electron chi connectivity index (χ3n) is 5.21. The van der Waals surface area contributed by atoms with Gasteiger partial charge >= 0.3 is 0 Å². The van der Waals surface area contributed by atoms with Gasteiger partial charge in [-0.15, -0.1) is 0 Å². The third-order valence-corrected chi connectivity index (χ3v) is 7.01. The molecule has 0 radical (unpaired) electrons. The Morgan fingerprint density at radius 3 is 1.65 bits per heavy atom. The second kappa shape index (κ2) is 17.2. The molecule has 0 atom stereocenters. The third kappa shape index (κ3) is 11.8. The van der Waals surface area contributed by atoms with Crippen LogP contribution in [0, 0.1) is 5.82 Å². The van der Waals surface area contributed by atoms with E-state index in [4.69, 9.17) is 36.0 Å². The lowest BCUT2D eigenvalue weighted by molar-refractivity contribution is 0.607. The molecular weight excluding hydrogens is 699 g/mol. The molecule has 12 heteroatoms. The number of halogens is 4. The maximum Gasteiger partial charge on any atom is 0.171 e.